The van der Waals surface area contributed by atoms with Crippen molar-refractivity contribution in [3.05, 3.63) is 23.8 Å². The minimum absolute atomic E-state index is 0.205. The molecule has 0 N–H and O–H groups in total. The van der Waals surface area contributed by atoms with E-state index in [4.69, 9.17) is 0 Å². The lowest BCUT2D eigenvalue weighted by molar-refractivity contribution is -0.126. The fourth-order valence-electron chi connectivity index (χ4n) is 2.40. The largest absolute Gasteiger partial charge is 0.339 e. The van der Waals surface area contributed by atoms with E-state index >= 15 is 0 Å². The summed E-state index contributed by atoms with van der Waals surface area (Å²) < 4.78 is 0. The van der Waals surface area contributed by atoms with Crippen molar-refractivity contribution < 1.29 is 4.79 Å². The number of piperidine rings is 1. The summed E-state index contributed by atoms with van der Waals surface area (Å²) in [7, 11) is 0. The Morgan fingerprint density at radius 1 is 1.21 bits per heavy atom. The molecule has 1 amide bonds. The number of hydrogen-bond acceptors (Lipinski definition) is 1. The predicted octanol–water partition coefficient (Wildman–Crippen LogP) is 4.33. The van der Waals surface area contributed by atoms with Crippen molar-refractivity contribution in [3.8, 4) is 0 Å². The van der Waals surface area contributed by atoms with Gasteiger partial charge in [0.05, 0.1) is 0 Å². The van der Waals surface area contributed by atoms with Gasteiger partial charge in [-0.1, -0.05) is 24.6 Å². The first-order valence-corrected chi connectivity index (χ1v) is 7.68. The molecule has 1 rings (SSSR count). The van der Waals surface area contributed by atoms with Crippen LogP contribution in [0.5, 0.6) is 0 Å². The van der Waals surface area contributed by atoms with E-state index in [1.807, 2.05) is 4.90 Å². The zero-order valence-corrected chi connectivity index (χ0v) is 12.8. The van der Waals surface area contributed by atoms with E-state index in [0.717, 1.165) is 25.9 Å². The van der Waals surface area contributed by atoms with Crippen molar-refractivity contribution in [1.29, 1.82) is 0 Å². The highest BCUT2D eigenvalue weighted by molar-refractivity contribution is 5.87. The SMILES string of the molecule is CC(C)=CCCC(C)C/C=C/C(=O)N1CCCCC1. The zero-order chi connectivity index (χ0) is 14.1. The second-order valence-electron chi connectivity index (χ2n) is 5.99. The van der Waals surface area contributed by atoms with E-state index in [2.05, 4.69) is 32.9 Å². The molecule has 0 saturated carbocycles. The number of hydrogen-bond donors (Lipinski definition) is 0. The Hall–Kier alpha value is -1.05. The molecule has 2 nitrogen and oxygen atoms in total. The third-order valence-electron chi connectivity index (χ3n) is 3.68. The number of likely N-dealkylation sites (tertiary alicyclic amines) is 1. The third kappa shape index (κ3) is 7.19. The maximum atomic E-state index is 11.9. The van der Waals surface area contributed by atoms with E-state index in [0.29, 0.717) is 5.92 Å². The summed E-state index contributed by atoms with van der Waals surface area (Å²) in [6, 6.07) is 0. The molecular weight excluding hydrogens is 234 g/mol. The topological polar surface area (TPSA) is 20.3 Å². The molecule has 1 heterocycles. The van der Waals surface area contributed by atoms with Gasteiger partial charge in [-0.3, -0.25) is 4.79 Å². The fraction of sp³-hybridized carbons (Fsp3) is 0.706. The van der Waals surface area contributed by atoms with Crippen LogP contribution in [0, 0.1) is 5.92 Å². The van der Waals surface area contributed by atoms with Gasteiger partial charge in [0.25, 0.3) is 0 Å². The van der Waals surface area contributed by atoms with Gasteiger partial charge in [-0.15, -0.1) is 0 Å². The molecule has 1 saturated heterocycles. The average Bonchev–Trinajstić information content (AvgIpc) is 2.39. The molecule has 0 aromatic rings. The van der Waals surface area contributed by atoms with E-state index in [-0.39, 0.29) is 5.91 Å². The van der Waals surface area contributed by atoms with Gasteiger partial charge in [0.1, 0.15) is 0 Å². The summed E-state index contributed by atoms with van der Waals surface area (Å²) in [6.07, 6.45) is 13.1. The van der Waals surface area contributed by atoms with Crippen LogP contribution in [0.3, 0.4) is 0 Å². The number of nitrogens with zero attached hydrogens (tertiary/aromatic N) is 1. The predicted molar refractivity (Wildman–Crippen MR) is 82.0 cm³/mol. The second kappa shape index (κ2) is 8.95. The van der Waals surface area contributed by atoms with E-state index in [1.54, 1.807) is 6.08 Å². The quantitative estimate of drug-likeness (QED) is 0.516. The van der Waals surface area contributed by atoms with Crippen LogP contribution < -0.4 is 0 Å². The first kappa shape index (κ1) is 16.0. The normalized spacial score (nSPS) is 17.5. The maximum Gasteiger partial charge on any atom is 0.246 e. The van der Waals surface area contributed by atoms with Gasteiger partial charge in [0.2, 0.25) is 5.91 Å². The van der Waals surface area contributed by atoms with Crippen LogP contribution in [-0.4, -0.2) is 23.9 Å². The molecule has 2 heteroatoms. The molecular formula is C17H29NO. The average molecular weight is 263 g/mol. The first-order valence-electron chi connectivity index (χ1n) is 7.68. The summed E-state index contributed by atoms with van der Waals surface area (Å²) in [4.78, 5) is 13.9. The number of carbonyl (C=O) groups excluding carboxylic acids is 1. The molecule has 19 heavy (non-hydrogen) atoms. The van der Waals surface area contributed by atoms with Crippen LogP contribution in [0.1, 0.15) is 59.3 Å². The molecule has 0 aliphatic carbocycles. The minimum Gasteiger partial charge on any atom is -0.339 e. The Kier molecular flexibility index (Phi) is 7.54. The number of amides is 1. The first-order chi connectivity index (χ1) is 9.09. The Morgan fingerprint density at radius 2 is 1.89 bits per heavy atom. The van der Waals surface area contributed by atoms with Gasteiger partial charge in [-0.2, -0.15) is 0 Å². The minimum atomic E-state index is 0.205. The van der Waals surface area contributed by atoms with Gasteiger partial charge in [0.15, 0.2) is 0 Å². The highest BCUT2D eigenvalue weighted by Crippen LogP contribution is 2.13. The summed E-state index contributed by atoms with van der Waals surface area (Å²) in [5, 5.41) is 0. The lowest BCUT2D eigenvalue weighted by atomic mass is 10.0. The zero-order valence-electron chi connectivity index (χ0n) is 12.8. The molecule has 1 unspecified atom stereocenters. The van der Waals surface area contributed by atoms with Gasteiger partial charge >= 0.3 is 0 Å². The Balaban J connectivity index is 2.20. The van der Waals surface area contributed by atoms with E-state index < -0.39 is 0 Å². The van der Waals surface area contributed by atoms with Crippen LogP contribution in [-0.2, 0) is 4.79 Å². The third-order valence-corrected chi connectivity index (χ3v) is 3.68. The smallest absolute Gasteiger partial charge is 0.246 e. The maximum absolute atomic E-state index is 11.9. The van der Waals surface area contributed by atoms with Crippen molar-refractivity contribution in [2.45, 2.75) is 59.3 Å². The number of rotatable bonds is 6. The number of allylic oxidation sites excluding steroid dienone is 3. The van der Waals surface area contributed by atoms with E-state index in [9.17, 15) is 4.79 Å². The summed E-state index contributed by atoms with van der Waals surface area (Å²) >= 11 is 0. The monoisotopic (exact) mass is 263 g/mol. The van der Waals surface area contributed by atoms with Crippen LogP contribution >= 0.6 is 0 Å². The molecule has 0 radical (unpaired) electrons. The van der Waals surface area contributed by atoms with E-state index in [1.165, 1.54) is 31.3 Å². The summed E-state index contributed by atoms with van der Waals surface area (Å²) in [5.41, 5.74) is 1.39. The molecule has 0 spiro atoms. The van der Waals surface area contributed by atoms with Crippen molar-refractivity contribution in [1.82, 2.24) is 4.90 Å². The lowest BCUT2D eigenvalue weighted by Gasteiger charge is -2.25. The van der Waals surface area contributed by atoms with Crippen molar-refractivity contribution >= 4 is 5.91 Å². The Bertz CT molecular complexity index is 320. The summed E-state index contributed by atoms with van der Waals surface area (Å²) in [5.74, 6) is 0.859. The van der Waals surface area contributed by atoms with Gasteiger partial charge in [0, 0.05) is 13.1 Å². The molecule has 0 aromatic heterocycles. The standard InChI is InChI=1S/C17H29NO/c1-15(2)9-7-10-16(3)11-8-12-17(19)18-13-5-4-6-14-18/h8-9,12,16H,4-7,10-11,13-14H2,1-3H3/b12-8+. The molecule has 1 aliphatic rings. The van der Waals surface area contributed by atoms with Crippen LogP contribution in [0.25, 0.3) is 0 Å². The van der Waals surface area contributed by atoms with Crippen molar-refractivity contribution in [2.75, 3.05) is 13.1 Å². The van der Waals surface area contributed by atoms with Gasteiger partial charge in [-0.05, 0) is 64.4 Å². The molecule has 1 atom stereocenters. The van der Waals surface area contributed by atoms with Crippen LogP contribution in [0.15, 0.2) is 23.8 Å². The van der Waals surface area contributed by atoms with Gasteiger partial charge in [-0.25, -0.2) is 0 Å². The summed E-state index contributed by atoms with van der Waals surface area (Å²) in [6.45, 7) is 8.43. The molecule has 108 valence electrons. The molecule has 1 aliphatic heterocycles. The Morgan fingerprint density at radius 3 is 2.53 bits per heavy atom. The van der Waals surface area contributed by atoms with Crippen molar-refractivity contribution in [2.24, 2.45) is 5.92 Å². The Labute approximate surface area is 118 Å². The fourth-order valence-corrected chi connectivity index (χ4v) is 2.40. The second-order valence-corrected chi connectivity index (χ2v) is 5.99. The highest BCUT2D eigenvalue weighted by Gasteiger charge is 2.13. The van der Waals surface area contributed by atoms with Crippen LogP contribution in [0.2, 0.25) is 0 Å². The highest BCUT2D eigenvalue weighted by atomic mass is 16.2. The molecule has 0 bridgehead atoms. The van der Waals surface area contributed by atoms with Crippen LogP contribution in [0.4, 0.5) is 0 Å². The molecule has 0 aromatic carbocycles. The molecule has 1 fully saturated rings. The number of carbonyl (C=O) groups is 1. The lowest BCUT2D eigenvalue weighted by Crippen LogP contribution is -2.34. The van der Waals surface area contributed by atoms with Crippen molar-refractivity contribution in [3.63, 3.8) is 0 Å². The van der Waals surface area contributed by atoms with Gasteiger partial charge < -0.3 is 4.90 Å².